The third-order valence-corrected chi connectivity index (χ3v) is 2.81. The molecule has 1 aromatic carbocycles. The average molecular weight is 256 g/mol. The second-order valence-electron chi connectivity index (χ2n) is 3.67. The lowest BCUT2D eigenvalue weighted by molar-refractivity contribution is -0.137. The van der Waals surface area contributed by atoms with Crippen LogP contribution in [0.5, 0.6) is 0 Å². The van der Waals surface area contributed by atoms with Gasteiger partial charge in [-0.15, -0.1) is 0 Å². The van der Waals surface area contributed by atoms with Crippen molar-refractivity contribution in [1.82, 2.24) is 4.90 Å². The summed E-state index contributed by atoms with van der Waals surface area (Å²) >= 11 is 5.98. The molecule has 2 rings (SSSR count). The van der Waals surface area contributed by atoms with Gasteiger partial charge in [-0.2, -0.15) is 0 Å². The third kappa shape index (κ3) is 2.50. The van der Waals surface area contributed by atoms with Gasteiger partial charge >= 0.3 is 12.1 Å². The molecule has 0 spiro atoms. The van der Waals surface area contributed by atoms with Crippen LogP contribution in [-0.2, 0) is 9.53 Å². The molecule has 90 valence electrons. The minimum absolute atomic E-state index is 0.203. The molecule has 1 heterocycles. The number of cyclic esters (lactones) is 1. The first-order valence-corrected chi connectivity index (χ1v) is 5.37. The lowest BCUT2D eigenvalue weighted by Crippen LogP contribution is -2.30. The normalized spacial score (nSPS) is 19.2. The Morgan fingerprint density at radius 1 is 1.53 bits per heavy atom. The van der Waals surface area contributed by atoms with E-state index in [0.717, 1.165) is 4.90 Å². The number of rotatable bonds is 3. The van der Waals surface area contributed by atoms with Crippen molar-refractivity contribution >= 4 is 23.7 Å². The Bertz CT molecular complexity index is 463. The highest BCUT2D eigenvalue weighted by Gasteiger charge is 2.34. The molecule has 6 heteroatoms. The van der Waals surface area contributed by atoms with E-state index in [9.17, 15) is 9.59 Å². The van der Waals surface area contributed by atoms with Gasteiger partial charge in [0.15, 0.2) is 0 Å². The maximum atomic E-state index is 11.4. The highest BCUT2D eigenvalue weighted by atomic mass is 35.5. The van der Waals surface area contributed by atoms with Crippen LogP contribution in [0, 0.1) is 0 Å². The molecule has 1 aliphatic heterocycles. The van der Waals surface area contributed by atoms with Crippen molar-refractivity contribution in [3.05, 3.63) is 34.9 Å². The first kappa shape index (κ1) is 11.7. The van der Waals surface area contributed by atoms with Gasteiger partial charge in [0.25, 0.3) is 0 Å². The van der Waals surface area contributed by atoms with Crippen LogP contribution in [0.1, 0.15) is 11.7 Å². The summed E-state index contributed by atoms with van der Waals surface area (Å²) < 4.78 is 5.08. The number of amides is 1. The summed E-state index contributed by atoms with van der Waals surface area (Å²) in [6.45, 7) is -0.158. The van der Waals surface area contributed by atoms with Crippen LogP contribution < -0.4 is 0 Å². The minimum Gasteiger partial charge on any atom is -0.480 e. The molecule has 1 N–H and O–H groups in total. The van der Waals surface area contributed by atoms with Crippen molar-refractivity contribution in [2.24, 2.45) is 0 Å². The SMILES string of the molecule is O=C(O)CN1CC(c2ccccc2Cl)OC1=O. The van der Waals surface area contributed by atoms with Gasteiger partial charge in [-0.25, -0.2) is 4.79 Å². The highest BCUT2D eigenvalue weighted by Crippen LogP contribution is 2.30. The molecule has 1 saturated heterocycles. The van der Waals surface area contributed by atoms with Crippen molar-refractivity contribution in [2.45, 2.75) is 6.10 Å². The van der Waals surface area contributed by atoms with Crippen molar-refractivity contribution < 1.29 is 19.4 Å². The fourth-order valence-corrected chi connectivity index (χ4v) is 1.96. The van der Waals surface area contributed by atoms with Gasteiger partial charge in [-0.3, -0.25) is 9.69 Å². The topological polar surface area (TPSA) is 66.8 Å². The second kappa shape index (κ2) is 4.63. The molecule has 0 saturated carbocycles. The van der Waals surface area contributed by atoms with E-state index in [1.807, 2.05) is 0 Å². The van der Waals surface area contributed by atoms with Gasteiger partial charge in [0.05, 0.1) is 6.54 Å². The van der Waals surface area contributed by atoms with E-state index < -0.39 is 18.2 Å². The Labute approximate surface area is 103 Å². The monoisotopic (exact) mass is 255 g/mol. The largest absolute Gasteiger partial charge is 0.480 e. The Morgan fingerprint density at radius 3 is 2.88 bits per heavy atom. The van der Waals surface area contributed by atoms with Gasteiger partial charge in [0.2, 0.25) is 0 Å². The molecule has 0 aromatic heterocycles. The van der Waals surface area contributed by atoms with Gasteiger partial charge < -0.3 is 9.84 Å². The zero-order valence-corrected chi connectivity index (χ0v) is 9.55. The minimum atomic E-state index is -1.07. The van der Waals surface area contributed by atoms with Crippen LogP contribution in [-0.4, -0.2) is 35.2 Å². The number of hydrogen-bond donors (Lipinski definition) is 1. The van der Waals surface area contributed by atoms with E-state index in [4.69, 9.17) is 21.4 Å². The number of hydrogen-bond acceptors (Lipinski definition) is 3. The molecule has 17 heavy (non-hydrogen) atoms. The lowest BCUT2D eigenvalue weighted by atomic mass is 10.1. The van der Waals surface area contributed by atoms with E-state index in [1.54, 1.807) is 24.3 Å². The zero-order valence-electron chi connectivity index (χ0n) is 8.80. The number of carboxylic acids is 1. The number of aliphatic carboxylic acids is 1. The third-order valence-electron chi connectivity index (χ3n) is 2.47. The first-order valence-electron chi connectivity index (χ1n) is 4.99. The first-order chi connectivity index (χ1) is 8.08. The van der Waals surface area contributed by atoms with Crippen LogP contribution in [0.3, 0.4) is 0 Å². The summed E-state index contributed by atoms with van der Waals surface area (Å²) in [7, 11) is 0. The lowest BCUT2D eigenvalue weighted by Gasteiger charge is -2.10. The Hall–Kier alpha value is -1.75. The van der Waals surface area contributed by atoms with Crippen molar-refractivity contribution in [3.8, 4) is 0 Å². The van der Waals surface area contributed by atoms with Gasteiger partial charge in [-0.1, -0.05) is 29.8 Å². The molecule has 5 nitrogen and oxygen atoms in total. The maximum Gasteiger partial charge on any atom is 0.411 e. The van der Waals surface area contributed by atoms with E-state index in [1.165, 1.54) is 0 Å². The number of benzene rings is 1. The van der Waals surface area contributed by atoms with Crippen molar-refractivity contribution in [3.63, 3.8) is 0 Å². The van der Waals surface area contributed by atoms with Crippen LogP contribution in [0.4, 0.5) is 4.79 Å². The van der Waals surface area contributed by atoms with Gasteiger partial charge in [0, 0.05) is 10.6 Å². The summed E-state index contributed by atoms with van der Waals surface area (Å²) in [5.41, 5.74) is 0.690. The molecular formula is C11H10ClNO4. The Kier molecular flexibility index (Phi) is 3.19. The van der Waals surface area contributed by atoms with Crippen molar-refractivity contribution in [1.29, 1.82) is 0 Å². The number of nitrogens with zero attached hydrogens (tertiary/aromatic N) is 1. The van der Waals surface area contributed by atoms with Crippen molar-refractivity contribution in [2.75, 3.05) is 13.1 Å². The quantitative estimate of drug-likeness (QED) is 0.896. The summed E-state index contributed by atoms with van der Waals surface area (Å²) in [5.74, 6) is -1.07. The number of carboxylic acid groups (broad SMARTS) is 1. The highest BCUT2D eigenvalue weighted by molar-refractivity contribution is 6.31. The molecule has 0 radical (unpaired) electrons. The van der Waals surface area contributed by atoms with Gasteiger partial charge in [0.1, 0.15) is 12.6 Å². The van der Waals surface area contributed by atoms with Crippen LogP contribution in [0.15, 0.2) is 24.3 Å². The Balaban J connectivity index is 2.14. The molecule has 1 aliphatic rings. The van der Waals surface area contributed by atoms with E-state index >= 15 is 0 Å². The van der Waals surface area contributed by atoms with Gasteiger partial charge in [-0.05, 0) is 6.07 Å². The number of ether oxygens (including phenoxy) is 1. The average Bonchev–Trinajstić information content (AvgIpc) is 2.60. The van der Waals surface area contributed by atoms with Crippen LogP contribution in [0.2, 0.25) is 5.02 Å². The smallest absolute Gasteiger partial charge is 0.411 e. The molecule has 1 amide bonds. The summed E-state index contributed by atoms with van der Waals surface area (Å²) in [6, 6.07) is 7.02. The molecule has 1 unspecified atom stereocenters. The second-order valence-corrected chi connectivity index (χ2v) is 4.08. The molecular weight excluding hydrogens is 246 g/mol. The molecule has 1 aromatic rings. The molecule has 1 atom stereocenters. The van der Waals surface area contributed by atoms with E-state index in [2.05, 4.69) is 0 Å². The maximum absolute atomic E-state index is 11.4. The molecule has 0 bridgehead atoms. The Morgan fingerprint density at radius 2 is 2.24 bits per heavy atom. The summed E-state index contributed by atoms with van der Waals surface area (Å²) in [6.07, 6.45) is -1.13. The summed E-state index contributed by atoms with van der Waals surface area (Å²) in [4.78, 5) is 23.1. The molecule has 0 aliphatic carbocycles. The fraction of sp³-hybridized carbons (Fsp3) is 0.273. The summed E-state index contributed by atoms with van der Waals surface area (Å²) in [5, 5.41) is 9.13. The predicted octanol–water partition coefficient (Wildman–Crippen LogP) is 1.92. The number of halogens is 1. The fourth-order valence-electron chi connectivity index (χ4n) is 1.70. The number of carbonyl (C=O) groups excluding carboxylic acids is 1. The van der Waals surface area contributed by atoms with Crippen LogP contribution in [0.25, 0.3) is 0 Å². The standard InChI is InChI=1S/C11H10ClNO4/c12-8-4-2-1-3-7(8)9-5-13(6-10(14)15)11(16)17-9/h1-4,9H,5-6H2,(H,14,15). The van der Waals surface area contributed by atoms with E-state index in [0.29, 0.717) is 10.6 Å². The van der Waals surface area contributed by atoms with Crippen LogP contribution >= 0.6 is 11.6 Å². The van der Waals surface area contributed by atoms with E-state index in [-0.39, 0.29) is 13.1 Å². The molecule has 1 fully saturated rings. The zero-order chi connectivity index (χ0) is 12.4. The predicted molar refractivity (Wildman–Crippen MR) is 59.9 cm³/mol. The number of carbonyl (C=O) groups is 2.